The van der Waals surface area contributed by atoms with Crippen molar-refractivity contribution in [3.8, 4) is 22.3 Å². The van der Waals surface area contributed by atoms with Crippen LogP contribution in [0, 0.1) is 11.8 Å². The number of hydrogen-bond acceptors (Lipinski definition) is 2. The zero-order valence-electron chi connectivity index (χ0n) is 41.3. The molecule has 2 atom stereocenters. The number of para-hydroxylation sites is 2. The molecule has 0 N–H and O–H groups in total. The third-order valence-corrected chi connectivity index (χ3v) is 16.0. The standard InChI is InChI=1S/C72H54N2/c1-3-19-55(20-4-1)73(59-23-15-17-51(45-59)53-37-43-69-65-29-9-7-25-61(65)63-27-11-13-31-67(63)71(69)47-53)57-39-33-49(34-40-57)50-35-41-58(42-36-50)74(56-21-5-2-6-22-56)60-24-16-18-52(46-60)54-38-44-70-66-30-10-8-26-62(66)64-28-12-14-32-68(64)72(70)48-54/h1-7,9-16,18-25,27-46,48,51,53H,8,17,26,47H2. The summed E-state index contributed by atoms with van der Waals surface area (Å²) in [5.74, 6) is 0.764. The minimum absolute atomic E-state index is 0.369. The zero-order chi connectivity index (χ0) is 49.0. The van der Waals surface area contributed by atoms with Gasteiger partial charge in [0.25, 0.3) is 0 Å². The van der Waals surface area contributed by atoms with E-state index in [9.17, 15) is 0 Å². The summed E-state index contributed by atoms with van der Waals surface area (Å²) in [6.07, 6.45) is 21.0. The summed E-state index contributed by atoms with van der Waals surface area (Å²) in [6.45, 7) is 0. The maximum absolute atomic E-state index is 2.53. The molecule has 2 nitrogen and oxygen atoms in total. The Hall–Kier alpha value is -8.98. The number of fused-ring (bicyclic) bond motifs is 12. The SMILES string of the molecule is C1=Cc2c(c3ccccc3c3cc(-c4cccc(N(c5ccccc5)c5ccc(-c6ccc(N(C7=CC(C8C=Cc9c(c%10ccccc%10c%10ccccc9%10)C8)CC=C7)c7ccccc7)cc6)cc5)c4)ccc23)CC1. The highest BCUT2D eigenvalue weighted by atomic mass is 15.1. The van der Waals surface area contributed by atoms with E-state index in [1.807, 2.05) is 0 Å². The lowest BCUT2D eigenvalue weighted by atomic mass is 9.76. The van der Waals surface area contributed by atoms with Crippen LogP contribution in [0.5, 0.6) is 0 Å². The van der Waals surface area contributed by atoms with Gasteiger partial charge in [-0.2, -0.15) is 0 Å². The number of nitrogens with zero attached hydrogens (tertiary/aromatic N) is 2. The van der Waals surface area contributed by atoms with Crippen LogP contribution >= 0.6 is 0 Å². The van der Waals surface area contributed by atoms with Crippen LogP contribution in [-0.4, -0.2) is 0 Å². The molecule has 0 saturated heterocycles. The molecule has 11 aromatic rings. The fourth-order valence-electron chi connectivity index (χ4n) is 12.4. The zero-order valence-corrected chi connectivity index (χ0v) is 41.3. The number of aryl methyl sites for hydroxylation is 1. The van der Waals surface area contributed by atoms with Gasteiger partial charge in [-0.3, -0.25) is 0 Å². The second kappa shape index (κ2) is 18.6. The first-order valence-electron chi connectivity index (χ1n) is 26.3. The van der Waals surface area contributed by atoms with Crippen molar-refractivity contribution in [3.05, 3.63) is 283 Å². The first kappa shape index (κ1) is 43.8. The van der Waals surface area contributed by atoms with Gasteiger partial charge in [0.2, 0.25) is 0 Å². The molecule has 0 heterocycles. The normalized spacial score (nSPS) is 15.8. The van der Waals surface area contributed by atoms with Gasteiger partial charge in [0.15, 0.2) is 0 Å². The molecule has 352 valence electrons. The fraction of sp³-hybridized carbons (Fsp3) is 0.0833. The van der Waals surface area contributed by atoms with Gasteiger partial charge in [-0.15, -0.1) is 0 Å². The van der Waals surface area contributed by atoms with Gasteiger partial charge in [-0.25, -0.2) is 0 Å². The van der Waals surface area contributed by atoms with Crippen molar-refractivity contribution in [2.24, 2.45) is 11.8 Å². The Morgan fingerprint density at radius 2 is 0.838 bits per heavy atom. The van der Waals surface area contributed by atoms with Crippen LogP contribution < -0.4 is 9.80 Å². The van der Waals surface area contributed by atoms with E-state index in [4.69, 9.17) is 0 Å². The van der Waals surface area contributed by atoms with Gasteiger partial charge in [-0.1, -0.05) is 194 Å². The summed E-state index contributed by atoms with van der Waals surface area (Å²) in [5.41, 5.74) is 17.3. The van der Waals surface area contributed by atoms with E-state index in [1.54, 1.807) is 0 Å². The van der Waals surface area contributed by atoms with Gasteiger partial charge in [0.05, 0.1) is 0 Å². The Balaban J connectivity index is 0.761. The largest absolute Gasteiger partial charge is 0.311 e. The second-order valence-corrected chi connectivity index (χ2v) is 20.2. The minimum atomic E-state index is 0.369. The van der Waals surface area contributed by atoms with Crippen LogP contribution in [0.15, 0.2) is 261 Å². The summed E-state index contributed by atoms with van der Waals surface area (Å²) < 4.78 is 0. The van der Waals surface area contributed by atoms with Gasteiger partial charge in [-0.05, 0) is 198 Å². The molecule has 0 aliphatic heterocycles. The van der Waals surface area contributed by atoms with E-state index in [2.05, 4.69) is 277 Å². The molecule has 0 spiro atoms. The number of anilines is 5. The third kappa shape index (κ3) is 7.74. The predicted octanol–water partition coefficient (Wildman–Crippen LogP) is 19.5. The number of benzene rings is 11. The molecule has 0 radical (unpaired) electrons. The summed E-state index contributed by atoms with van der Waals surface area (Å²) in [6, 6.07) is 82.7. The molecule has 0 aromatic heterocycles. The minimum Gasteiger partial charge on any atom is -0.311 e. The average molecular weight is 947 g/mol. The Kier molecular flexibility index (Phi) is 11.0. The molecule has 0 saturated carbocycles. The van der Waals surface area contributed by atoms with Crippen molar-refractivity contribution < 1.29 is 0 Å². The third-order valence-electron chi connectivity index (χ3n) is 16.0. The summed E-state index contributed by atoms with van der Waals surface area (Å²) in [4.78, 5) is 4.80. The quantitative estimate of drug-likeness (QED) is 0.133. The Bertz CT molecular complexity index is 4070. The first-order valence-corrected chi connectivity index (χ1v) is 26.3. The summed E-state index contributed by atoms with van der Waals surface area (Å²) >= 11 is 0. The molecule has 2 unspecified atom stereocenters. The number of rotatable bonds is 9. The number of hydrogen-bond donors (Lipinski definition) is 0. The van der Waals surface area contributed by atoms with Crippen molar-refractivity contribution >= 4 is 83.7 Å². The lowest BCUT2D eigenvalue weighted by Gasteiger charge is -2.33. The first-order chi connectivity index (χ1) is 36.7. The molecule has 0 amide bonds. The van der Waals surface area contributed by atoms with Gasteiger partial charge in [0.1, 0.15) is 0 Å². The highest BCUT2D eigenvalue weighted by Crippen LogP contribution is 2.44. The highest BCUT2D eigenvalue weighted by molar-refractivity contribution is 6.15. The topological polar surface area (TPSA) is 6.48 Å². The molecule has 74 heavy (non-hydrogen) atoms. The van der Waals surface area contributed by atoms with E-state index >= 15 is 0 Å². The maximum Gasteiger partial charge on any atom is 0.0467 e. The molecule has 0 bridgehead atoms. The molecule has 3 aliphatic rings. The van der Waals surface area contributed by atoms with Crippen molar-refractivity contribution in [1.29, 1.82) is 0 Å². The highest BCUT2D eigenvalue weighted by Gasteiger charge is 2.27. The van der Waals surface area contributed by atoms with Gasteiger partial charge >= 0.3 is 0 Å². The number of allylic oxidation sites excluding steroid dienone is 5. The van der Waals surface area contributed by atoms with Crippen LogP contribution in [0.4, 0.5) is 28.4 Å². The van der Waals surface area contributed by atoms with Gasteiger partial charge in [0, 0.05) is 34.1 Å². The lowest BCUT2D eigenvalue weighted by Crippen LogP contribution is -2.22. The van der Waals surface area contributed by atoms with Crippen molar-refractivity contribution in [2.75, 3.05) is 9.80 Å². The van der Waals surface area contributed by atoms with Crippen molar-refractivity contribution in [1.82, 2.24) is 0 Å². The van der Waals surface area contributed by atoms with E-state index in [-0.39, 0.29) is 0 Å². The summed E-state index contributed by atoms with van der Waals surface area (Å²) in [5, 5.41) is 10.8. The van der Waals surface area contributed by atoms with E-state index in [1.165, 1.54) is 93.3 Å². The van der Waals surface area contributed by atoms with Crippen LogP contribution in [0.3, 0.4) is 0 Å². The fourth-order valence-corrected chi connectivity index (χ4v) is 12.4. The van der Waals surface area contributed by atoms with Gasteiger partial charge < -0.3 is 9.80 Å². The molecule has 14 rings (SSSR count). The van der Waals surface area contributed by atoms with E-state index in [0.717, 1.165) is 54.1 Å². The van der Waals surface area contributed by atoms with Crippen molar-refractivity contribution in [3.63, 3.8) is 0 Å². The van der Waals surface area contributed by atoms with E-state index < -0.39 is 0 Å². The second-order valence-electron chi connectivity index (χ2n) is 20.2. The monoisotopic (exact) mass is 946 g/mol. The average Bonchev–Trinajstić information content (AvgIpc) is 3.50. The Morgan fingerprint density at radius 3 is 1.54 bits per heavy atom. The Morgan fingerprint density at radius 1 is 0.324 bits per heavy atom. The predicted molar refractivity (Wildman–Crippen MR) is 316 cm³/mol. The molecule has 2 heteroatoms. The lowest BCUT2D eigenvalue weighted by molar-refractivity contribution is 0.470. The molecular weight excluding hydrogens is 893 g/mol. The molecule has 3 aliphatic carbocycles. The smallest absolute Gasteiger partial charge is 0.0467 e. The summed E-state index contributed by atoms with van der Waals surface area (Å²) in [7, 11) is 0. The van der Waals surface area contributed by atoms with Crippen molar-refractivity contribution in [2.45, 2.75) is 25.7 Å². The van der Waals surface area contributed by atoms with Crippen LogP contribution in [0.2, 0.25) is 0 Å². The van der Waals surface area contributed by atoms with Crippen LogP contribution in [0.1, 0.15) is 35.1 Å². The van der Waals surface area contributed by atoms with Crippen LogP contribution in [0.25, 0.3) is 77.5 Å². The molecular formula is C72H54N2. The molecule has 0 fully saturated rings. The van der Waals surface area contributed by atoms with E-state index in [0.29, 0.717) is 11.8 Å². The van der Waals surface area contributed by atoms with Crippen LogP contribution in [-0.2, 0) is 12.8 Å². The molecule has 11 aromatic carbocycles. The maximum atomic E-state index is 2.53. The Labute approximate surface area is 433 Å².